The molecule has 13 heteroatoms. The number of hydrogen-bond donors (Lipinski definition) is 2. The molecule has 11 nitrogen and oxygen atoms in total. The summed E-state index contributed by atoms with van der Waals surface area (Å²) in [5.41, 5.74) is -1.14. The van der Waals surface area contributed by atoms with Gasteiger partial charge in [-0.05, 0) is 23.8 Å². The Morgan fingerprint density at radius 3 is 2.64 bits per heavy atom. The highest BCUT2D eigenvalue weighted by atomic mass is 19.1. The van der Waals surface area contributed by atoms with Gasteiger partial charge in [0.15, 0.2) is 5.69 Å². The second-order valence-electron chi connectivity index (χ2n) is 8.06. The zero-order chi connectivity index (χ0) is 26.1. The largest absolute Gasteiger partial charge is 0.501 e. The van der Waals surface area contributed by atoms with Gasteiger partial charge in [0.1, 0.15) is 23.6 Å². The van der Waals surface area contributed by atoms with E-state index in [1.165, 1.54) is 37.2 Å². The molecule has 0 spiro atoms. The zero-order valence-electron chi connectivity index (χ0n) is 19.2. The molecule has 36 heavy (non-hydrogen) atoms. The van der Waals surface area contributed by atoms with Crippen LogP contribution in [0, 0.1) is 23.1 Å². The Balaban J connectivity index is 1.91. The van der Waals surface area contributed by atoms with E-state index in [2.05, 4.69) is 25.1 Å². The average molecular weight is 495 g/mol. The lowest BCUT2D eigenvalue weighted by Gasteiger charge is -2.26. The van der Waals surface area contributed by atoms with E-state index in [4.69, 9.17) is 0 Å². The first-order chi connectivity index (χ1) is 17.1. The van der Waals surface area contributed by atoms with Crippen molar-refractivity contribution < 1.29 is 23.2 Å². The number of amides is 1. The molecule has 4 rings (SSSR count). The third-order valence-electron chi connectivity index (χ3n) is 5.73. The molecule has 184 valence electrons. The van der Waals surface area contributed by atoms with Crippen molar-refractivity contribution in [2.75, 3.05) is 5.32 Å². The second-order valence-corrected chi connectivity index (χ2v) is 8.06. The summed E-state index contributed by atoms with van der Waals surface area (Å²) in [4.78, 5) is 29.8. The van der Waals surface area contributed by atoms with Crippen molar-refractivity contribution in [2.45, 2.75) is 18.8 Å². The van der Waals surface area contributed by atoms with Gasteiger partial charge in [0.05, 0.1) is 17.8 Å². The summed E-state index contributed by atoms with van der Waals surface area (Å²) < 4.78 is 36.1. The van der Waals surface area contributed by atoms with E-state index in [0.29, 0.717) is 0 Å². The number of aromatic hydroxyl groups is 1. The number of rotatable bonds is 6. The molecule has 4 aromatic rings. The normalized spacial score (nSPS) is 12.7. The van der Waals surface area contributed by atoms with E-state index in [1.807, 2.05) is 6.07 Å². The topological polar surface area (TPSA) is 152 Å². The summed E-state index contributed by atoms with van der Waals surface area (Å²) in [5.74, 6) is -5.33. The molecule has 0 radical (unpaired) electrons. The maximum Gasteiger partial charge on any atom is 0.296 e. The van der Waals surface area contributed by atoms with Gasteiger partial charge in [-0.3, -0.25) is 18.8 Å². The Hall–Kier alpha value is -4.86. The van der Waals surface area contributed by atoms with E-state index in [9.17, 15) is 28.7 Å². The van der Waals surface area contributed by atoms with Gasteiger partial charge in [0.2, 0.25) is 11.7 Å². The van der Waals surface area contributed by atoms with E-state index < -0.39 is 46.5 Å². The highest BCUT2D eigenvalue weighted by Crippen LogP contribution is 2.40. The van der Waals surface area contributed by atoms with Crippen LogP contribution in [-0.2, 0) is 14.1 Å². The van der Waals surface area contributed by atoms with Crippen LogP contribution in [0.25, 0.3) is 0 Å². The van der Waals surface area contributed by atoms with Crippen molar-refractivity contribution in [3.05, 3.63) is 87.2 Å². The fraction of sp³-hybridized carbons (Fsp3) is 0.217. The van der Waals surface area contributed by atoms with Crippen LogP contribution < -0.4 is 10.9 Å². The third-order valence-corrected chi connectivity index (χ3v) is 5.73. The second kappa shape index (κ2) is 9.41. The van der Waals surface area contributed by atoms with Crippen LogP contribution in [0.5, 0.6) is 5.75 Å². The first-order valence-electron chi connectivity index (χ1n) is 10.5. The Morgan fingerprint density at radius 1 is 1.28 bits per heavy atom. The van der Waals surface area contributed by atoms with Crippen molar-refractivity contribution in [2.24, 2.45) is 14.1 Å². The molecular weight excluding hydrogens is 476 g/mol. The summed E-state index contributed by atoms with van der Waals surface area (Å²) >= 11 is 0. The Labute approximate surface area is 202 Å². The predicted octanol–water partition coefficient (Wildman–Crippen LogP) is 2.55. The van der Waals surface area contributed by atoms with Crippen LogP contribution >= 0.6 is 0 Å². The number of aromatic nitrogens is 5. The minimum Gasteiger partial charge on any atom is -0.501 e. The summed E-state index contributed by atoms with van der Waals surface area (Å²) in [5, 5.41) is 29.6. The van der Waals surface area contributed by atoms with Gasteiger partial charge >= 0.3 is 0 Å². The van der Waals surface area contributed by atoms with Gasteiger partial charge < -0.3 is 14.9 Å². The van der Waals surface area contributed by atoms with Crippen molar-refractivity contribution in [1.29, 1.82) is 5.26 Å². The number of halogens is 2. The number of nitriles is 1. The van der Waals surface area contributed by atoms with Crippen LogP contribution in [0.15, 0.2) is 46.2 Å². The van der Waals surface area contributed by atoms with Crippen LogP contribution in [-0.4, -0.2) is 35.5 Å². The molecule has 2 atom stereocenters. The minimum atomic E-state index is -1.04. The summed E-state index contributed by atoms with van der Waals surface area (Å²) in [6, 6.07) is 5.44. The average Bonchev–Trinajstić information content (AvgIpc) is 3.46. The molecule has 3 heterocycles. The standard InChI is InChI=1S/C23H19F2N7O4/c1-11(17(16-9-31(2)30-20(16)25)15-6-13(24)5-4-12(15)7-26)21-29-18(19(33)23(35)32(21)3)22(34)28-14-8-27-36-10-14/h4-6,8-11,17,33H,1-3H3,(H,28,34). The summed E-state index contributed by atoms with van der Waals surface area (Å²) in [7, 11) is 2.81. The fourth-order valence-electron chi connectivity index (χ4n) is 4.07. The van der Waals surface area contributed by atoms with Crippen LogP contribution in [0.2, 0.25) is 0 Å². The molecular formula is C23H19F2N7O4. The molecule has 0 aliphatic heterocycles. The smallest absolute Gasteiger partial charge is 0.296 e. The minimum absolute atomic E-state index is 0.0184. The summed E-state index contributed by atoms with van der Waals surface area (Å²) in [6.45, 7) is 1.57. The lowest BCUT2D eigenvalue weighted by atomic mass is 9.80. The van der Waals surface area contributed by atoms with E-state index in [1.54, 1.807) is 6.92 Å². The van der Waals surface area contributed by atoms with Gasteiger partial charge in [-0.2, -0.15) is 9.65 Å². The van der Waals surface area contributed by atoms with Gasteiger partial charge in [0.25, 0.3) is 11.5 Å². The quantitative estimate of drug-likeness (QED) is 0.414. The molecule has 0 saturated carbocycles. The number of nitrogens with one attached hydrogen (secondary N) is 1. The third kappa shape index (κ3) is 4.31. The predicted molar refractivity (Wildman–Crippen MR) is 120 cm³/mol. The molecule has 2 N–H and O–H groups in total. The summed E-state index contributed by atoms with van der Waals surface area (Å²) in [6.07, 6.45) is 3.71. The SMILES string of the molecule is CC(c1nc(C(=O)Nc2cnoc2)c(O)c(=O)n1C)C(c1cc(F)ccc1C#N)c1cn(C)nc1F. The zero-order valence-corrected chi connectivity index (χ0v) is 19.2. The first-order valence-corrected chi connectivity index (χ1v) is 10.5. The van der Waals surface area contributed by atoms with Crippen LogP contribution in [0.4, 0.5) is 14.5 Å². The molecule has 0 saturated heterocycles. The van der Waals surface area contributed by atoms with E-state index in [0.717, 1.165) is 23.0 Å². The molecule has 0 aliphatic carbocycles. The number of benzene rings is 1. The Morgan fingerprint density at radius 2 is 2.03 bits per heavy atom. The van der Waals surface area contributed by atoms with E-state index >= 15 is 0 Å². The van der Waals surface area contributed by atoms with Crippen molar-refractivity contribution in [3.63, 3.8) is 0 Å². The van der Waals surface area contributed by atoms with Gasteiger partial charge in [-0.1, -0.05) is 12.1 Å². The molecule has 0 aliphatic rings. The monoisotopic (exact) mass is 495 g/mol. The Kier molecular flexibility index (Phi) is 6.35. The number of hydrogen-bond acceptors (Lipinski definition) is 8. The number of anilines is 1. The lowest BCUT2D eigenvalue weighted by Crippen LogP contribution is -2.29. The molecule has 2 unspecified atom stereocenters. The number of carbonyl (C=O) groups is 1. The number of carbonyl (C=O) groups excluding carboxylic acids is 1. The maximum absolute atomic E-state index is 14.9. The molecule has 3 aromatic heterocycles. The van der Waals surface area contributed by atoms with Crippen molar-refractivity contribution >= 4 is 11.6 Å². The maximum atomic E-state index is 14.9. The lowest BCUT2D eigenvalue weighted by molar-refractivity contribution is 0.101. The highest BCUT2D eigenvalue weighted by molar-refractivity contribution is 6.04. The molecule has 1 aromatic carbocycles. The van der Waals surface area contributed by atoms with Gasteiger partial charge in [-0.15, -0.1) is 5.10 Å². The van der Waals surface area contributed by atoms with Gasteiger partial charge in [-0.25, -0.2) is 9.37 Å². The Bertz CT molecular complexity index is 1550. The van der Waals surface area contributed by atoms with E-state index in [-0.39, 0.29) is 28.2 Å². The molecule has 0 fully saturated rings. The molecule has 1 amide bonds. The fourth-order valence-corrected chi connectivity index (χ4v) is 4.07. The number of nitrogens with zero attached hydrogens (tertiary/aromatic N) is 6. The van der Waals surface area contributed by atoms with Crippen molar-refractivity contribution in [3.8, 4) is 11.8 Å². The molecule has 0 bridgehead atoms. The van der Waals surface area contributed by atoms with Gasteiger partial charge in [0, 0.05) is 37.7 Å². The van der Waals surface area contributed by atoms with Crippen LogP contribution in [0.1, 0.15) is 51.8 Å². The highest BCUT2D eigenvalue weighted by Gasteiger charge is 2.33. The first kappa shape index (κ1) is 24.3. The van der Waals surface area contributed by atoms with Crippen molar-refractivity contribution in [1.82, 2.24) is 24.5 Å². The van der Waals surface area contributed by atoms with Crippen LogP contribution in [0.3, 0.4) is 0 Å². The number of aryl methyl sites for hydroxylation is 1.